The predicted octanol–water partition coefficient (Wildman–Crippen LogP) is 3.86. The number of carbonyl (C=O) groups is 1. The number of hydrogen-bond acceptors (Lipinski definition) is 2. The lowest BCUT2D eigenvalue weighted by molar-refractivity contribution is -0.115. The number of nitrogens with one attached hydrogen (secondary N) is 1. The van der Waals surface area contributed by atoms with Gasteiger partial charge in [0.15, 0.2) is 0 Å². The lowest BCUT2D eigenvalue weighted by Crippen LogP contribution is -2.16. The van der Waals surface area contributed by atoms with E-state index in [1.165, 1.54) is 5.56 Å². The zero-order valence-corrected chi connectivity index (χ0v) is 12.8. The van der Waals surface area contributed by atoms with Gasteiger partial charge in [-0.05, 0) is 41.7 Å². The van der Waals surface area contributed by atoms with Gasteiger partial charge in [-0.25, -0.2) is 0 Å². The Bertz CT molecular complexity index is 423. The fourth-order valence-corrected chi connectivity index (χ4v) is 2.10. The third-order valence-corrected chi connectivity index (χ3v) is 3.23. The summed E-state index contributed by atoms with van der Waals surface area (Å²) in [5.74, 6) is 0.601. The van der Waals surface area contributed by atoms with Gasteiger partial charge in [0.1, 0.15) is 0 Å². The number of thiol groups is 1. The molecule has 100 valence electrons. The molecule has 0 saturated heterocycles. The van der Waals surface area contributed by atoms with E-state index in [-0.39, 0.29) is 11.3 Å². The second kappa shape index (κ2) is 5.79. The highest BCUT2D eigenvalue weighted by molar-refractivity contribution is 7.80. The Morgan fingerprint density at radius 3 is 2.11 bits per heavy atom. The van der Waals surface area contributed by atoms with Crippen molar-refractivity contribution < 1.29 is 4.79 Å². The van der Waals surface area contributed by atoms with Crippen LogP contribution in [0.25, 0.3) is 0 Å². The van der Waals surface area contributed by atoms with Crippen LogP contribution in [0.3, 0.4) is 0 Å². The summed E-state index contributed by atoms with van der Waals surface area (Å²) in [5.41, 5.74) is 4.60. The summed E-state index contributed by atoms with van der Waals surface area (Å²) in [6, 6.07) is 4.31. The van der Waals surface area contributed by atoms with E-state index in [1.54, 1.807) is 0 Å². The number of carbonyl (C=O) groups excluding carboxylic acids is 1. The molecule has 0 fully saturated rings. The van der Waals surface area contributed by atoms with Crippen LogP contribution < -0.4 is 5.32 Å². The maximum Gasteiger partial charge on any atom is 0.225 e. The molecule has 0 bridgehead atoms. The highest BCUT2D eigenvalue weighted by atomic mass is 32.1. The van der Waals surface area contributed by atoms with Crippen LogP contribution in [0.2, 0.25) is 0 Å². The maximum atomic E-state index is 11.6. The van der Waals surface area contributed by atoms with Gasteiger partial charge in [0.25, 0.3) is 0 Å². The number of rotatable bonds is 3. The van der Waals surface area contributed by atoms with Crippen molar-refractivity contribution in [2.45, 2.75) is 46.5 Å². The van der Waals surface area contributed by atoms with Crippen LogP contribution in [0.15, 0.2) is 12.1 Å². The minimum absolute atomic E-state index is 0.0275. The minimum atomic E-state index is 0.0275. The molecule has 3 heteroatoms. The van der Waals surface area contributed by atoms with Gasteiger partial charge in [-0.1, -0.05) is 32.9 Å². The molecule has 0 radical (unpaired) electrons. The minimum Gasteiger partial charge on any atom is -0.326 e. The Balaban J connectivity index is 3.06. The van der Waals surface area contributed by atoms with Crippen molar-refractivity contribution in [2.75, 3.05) is 11.1 Å². The highest BCUT2D eigenvalue weighted by Crippen LogP contribution is 2.29. The van der Waals surface area contributed by atoms with Gasteiger partial charge in [0, 0.05) is 12.1 Å². The topological polar surface area (TPSA) is 29.1 Å². The molecule has 0 spiro atoms. The van der Waals surface area contributed by atoms with Crippen molar-refractivity contribution in [3.05, 3.63) is 28.8 Å². The average Bonchev–Trinajstić information content (AvgIpc) is 2.22. The fourth-order valence-electron chi connectivity index (χ4n) is 1.90. The summed E-state index contributed by atoms with van der Waals surface area (Å²) in [7, 11) is 0. The van der Waals surface area contributed by atoms with Gasteiger partial charge in [0.2, 0.25) is 5.91 Å². The molecule has 0 aliphatic carbocycles. The van der Waals surface area contributed by atoms with E-state index in [9.17, 15) is 4.79 Å². The van der Waals surface area contributed by atoms with E-state index in [1.807, 2.05) is 13.8 Å². The SMILES string of the molecule is Cc1cc(C(C)(C)C)cc(C)c1NC(=O)CCS. The van der Waals surface area contributed by atoms with Gasteiger partial charge in [0.05, 0.1) is 0 Å². The summed E-state index contributed by atoms with van der Waals surface area (Å²) in [5, 5.41) is 2.97. The second-order valence-corrected chi connectivity index (χ2v) is 6.20. The molecule has 0 heterocycles. The van der Waals surface area contributed by atoms with Crippen LogP contribution in [-0.2, 0) is 10.2 Å². The van der Waals surface area contributed by atoms with E-state index < -0.39 is 0 Å². The third-order valence-electron chi connectivity index (χ3n) is 3.00. The first-order valence-corrected chi connectivity index (χ1v) is 6.91. The molecule has 0 atom stereocenters. The van der Waals surface area contributed by atoms with Gasteiger partial charge in [-0.2, -0.15) is 12.6 Å². The van der Waals surface area contributed by atoms with Crippen LogP contribution in [0.5, 0.6) is 0 Å². The standard InChI is InChI=1S/C15H23NOS/c1-10-8-12(15(3,4)5)9-11(2)14(10)16-13(17)6-7-18/h8-9,18H,6-7H2,1-5H3,(H,16,17). The molecule has 1 aromatic carbocycles. The molecule has 0 aliphatic heterocycles. The number of benzene rings is 1. The summed E-state index contributed by atoms with van der Waals surface area (Å²) < 4.78 is 0. The molecular weight excluding hydrogens is 242 g/mol. The van der Waals surface area contributed by atoms with Crippen LogP contribution in [-0.4, -0.2) is 11.7 Å². The summed E-state index contributed by atoms with van der Waals surface area (Å²) in [6.45, 7) is 10.7. The van der Waals surface area contributed by atoms with Crippen LogP contribution in [0, 0.1) is 13.8 Å². The first kappa shape index (κ1) is 15.1. The van der Waals surface area contributed by atoms with Crippen LogP contribution in [0.1, 0.15) is 43.9 Å². The third kappa shape index (κ3) is 3.77. The van der Waals surface area contributed by atoms with Gasteiger partial charge in [-0.3, -0.25) is 4.79 Å². The number of amides is 1. The van der Waals surface area contributed by atoms with E-state index >= 15 is 0 Å². The monoisotopic (exact) mass is 265 g/mol. The molecule has 1 amide bonds. The van der Waals surface area contributed by atoms with Gasteiger partial charge >= 0.3 is 0 Å². The zero-order valence-electron chi connectivity index (χ0n) is 11.9. The van der Waals surface area contributed by atoms with Crippen LogP contribution >= 0.6 is 12.6 Å². The number of aryl methyl sites for hydroxylation is 2. The summed E-state index contributed by atoms with van der Waals surface area (Å²) >= 11 is 4.07. The Morgan fingerprint density at radius 1 is 1.22 bits per heavy atom. The normalized spacial score (nSPS) is 11.4. The smallest absolute Gasteiger partial charge is 0.225 e. The molecule has 1 rings (SSSR count). The summed E-state index contributed by atoms with van der Waals surface area (Å²) in [4.78, 5) is 11.6. The molecule has 0 aromatic heterocycles. The number of anilines is 1. The van der Waals surface area contributed by atoms with E-state index in [2.05, 4.69) is 50.8 Å². The van der Waals surface area contributed by atoms with Crippen LogP contribution in [0.4, 0.5) is 5.69 Å². The molecular formula is C15H23NOS. The molecule has 1 N–H and O–H groups in total. The van der Waals surface area contributed by atoms with E-state index in [0.29, 0.717) is 12.2 Å². The quantitative estimate of drug-likeness (QED) is 0.798. The highest BCUT2D eigenvalue weighted by Gasteiger charge is 2.16. The second-order valence-electron chi connectivity index (χ2n) is 5.76. The van der Waals surface area contributed by atoms with Crippen molar-refractivity contribution >= 4 is 24.2 Å². The van der Waals surface area contributed by atoms with Crippen molar-refractivity contribution in [1.82, 2.24) is 0 Å². The van der Waals surface area contributed by atoms with Crippen molar-refractivity contribution in [2.24, 2.45) is 0 Å². The summed E-state index contributed by atoms with van der Waals surface area (Å²) in [6.07, 6.45) is 0.447. The molecule has 18 heavy (non-hydrogen) atoms. The zero-order chi connectivity index (χ0) is 13.9. The molecule has 0 saturated carbocycles. The molecule has 0 aliphatic rings. The Labute approximate surface area is 116 Å². The first-order chi connectivity index (χ1) is 8.25. The van der Waals surface area contributed by atoms with E-state index in [0.717, 1.165) is 16.8 Å². The predicted molar refractivity (Wildman–Crippen MR) is 81.7 cm³/mol. The van der Waals surface area contributed by atoms with Crippen molar-refractivity contribution in [3.8, 4) is 0 Å². The fraction of sp³-hybridized carbons (Fsp3) is 0.533. The molecule has 2 nitrogen and oxygen atoms in total. The largest absolute Gasteiger partial charge is 0.326 e. The first-order valence-electron chi connectivity index (χ1n) is 6.28. The Kier molecular flexibility index (Phi) is 4.85. The van der Waals surface area contributed by atoms with Gasteiger partial charge < -0.3 is 5.32 Å². The lowest BCUT2D eigenvalue weighted by Gasteiger charge is -2.22. The molecule has 0 unspecified atom stereocenters. The lowest BCUT2D eigenvalue weighted by atomic mass is 9.85. The van der Waals surface area contributed by atoms with E-state index in [4.69, 9.17) is 0 Å². The molecule has 1 aromatic rings. The average molecular weight is 265 g/mol. The Morgan fingerprint density at radius 2 is 1.72 bits per heavy atom. The maximum absolute atomic E-state index is 11.6. The van der Waals surface area contributed by atoms with Crippen molar-refractivity contribution in [1.29, 1.82) is 0 Å². The number of hydrogen-bond donors (Lipinski definition) is 2. The van der Waals surface area contributed by atoms with Crippen molar-refractivity contribution in [3.63, 3.8) is 0 Å². The Hall–Kier alpha value is -0.960. The van der Waals surface area contributed by atoms with Gasteiger partial charge in [-0.15, -0.1) is 0 Å².